The van der Waals surface area contributed by atoms with Gasteiger partial charge in [0.05, 0.1) is 4.90 Å². The number of amides is 1. The predicted octanol–water partition coefficient (Wildman–Crippen LogP) is 3.69. The molecular weight excluding hydrogens is 378 g/mol. The number of benzene rings is 1. The Bertz CT molecular complexity index is 644. The first-order valence-corrected chi connectivity index (χ1v) is 9.96. The van der Waals surface area contributed by atoms with Gasteiger partial charge in [0.15, 0.2) is 0 Å². The van der Waals surface area contributed by atoms with Gasteiger partial charge in [0, 0.05) is 26.8 Å². The van der Waals surface area contributed by atoms with Crippen molar-refractivity contribution in [3.63, 3.8) is 0 Å². The highest BCUT2D eigenvalue weighted by Crippen LogP contribution is 2.34. The highest BCUT2D eigenvalue weighted by atomic mass is 79.9. The third-order valence-corrected chi connectivity index (χ3v) is 5.91. The van der Waals surface area contributed by atoms with Crippen LogP contribution in [0.15, 0.2) is 27.6 Å². The maximum absolute atomic E-state index is 12.2. The van der Waals surface area contributed by atoms with Gasteiger partial charge in [-0.1, -0.05) is 19.8 Å². The lowest BCUT2D eigenvalue weighted by molar-refractivity contribution is 0.0932. The Morgan fingerprint density at radius 3 is 2.67 bits per heavy atom. The van der Waals surface area contributed by atoms with Gasteiger partial charge in [-0.3, -0.25) is 4.79 Å². The van der Waals surface area contributed by atoms with Crippen molar-refractivity contribution >= 4 is 41.6 Å². The summed E-state index contributed by atoms with van der Waals surface area (Å²) in [6.45, 7) is 2.03. The van der Waals surface area contributed by atoms with Crippen molar-refractivity contribution in [1.82, 2.24) is 5.32 Å². The van der Waals surface area contributed by atoms with Crippen molar-refractivity contribution in [3.05, 3.63) is 28.2 Å². The van der Waals surface area contributed by atoms with Gasteiger partial charge in [0.25, 0.3) is 15.0 Å². The van der Waals surface area contributed by atoms with Gasteiger partial charge in [-0.05, 0) is 52.9 Å². The van der Waals surface area contributed by atoms with Gasteiger partial charge in [0.2, 0.25) is 0 Å². The van der Waals surface area contributed by atoms with E-state index in [-0.39, 0.29) is 16.8 Å². The van der Waals surface area contributed by atoms with Crippen molar-refractivity contribution in [3.8, 4) is 0 Å². The fourth-order valence-corrected chi connectivity index (χ4v) is 4.30. The number of carbonyl (C=O) groups is 1. The van der Waals surface area contributed by atoms with E-state index >= 15 is 0 Å². The molecule has 1 aliphatic rings. The fraction of sp³-hybridized carbons (Fsp3) is 0.500. The summed E-state index contributed by atoms with van der Waals surface area (Å²) < 4.78 is 23.3. The minimum absolute atomic E-state index is 0.0907. The molecule has 0 saturated heterocycles. The molecule has 0 spiro atoms. The normalized spacial score (nSPS) is 16.5. The van der Waals surface area contributed by atoms with Crippen molar-refractivity contribution in [1.29, 1.82) is 0 Å². The smallest absolute Gasteiger partial charge is 0.262 e. The lowest BCUT2D eigenvalue weighted by atomic mass is 10.1. The fourth-order valence-electron chi connectivity index (χ4n) is 2.18. The zero-order chi connectivity index (χ0) is 15.6. The summed E-state index contributed by atoms with van der Waals surface area (Å²) in [5, 5.41) is 2.96. The van der Waals surface area contributed by atoms with E-state index in [1.54, 1.807) is 6.07 Å². The zero-order valence-corrected chi connectivity index (χ0v) is 14.8. The minimum atomic E-state index is -3.89. The molecule has 0 heterocycles. The van der Waals surface area contributed by atoms with E-state index < -0.39 is 9.05 Å². The highest BCUT2D eigenvalue weighted by molar-refractivity contribution is 9.10. The third-order valence-electron chi connectivity index (χ3n) is 3.60. The van der Waals surface area contributed by atoms with Gasteiger partial charge in [-0.2, -0.15) is 0 Å². The van der Waals surface area contributed by atoms with Crippen molar-refractivity contribution in [2.24, 2.45) is 5.92 Å². The lowest BCUT2D eigenvalue weighted by Crippen LogP contribution is -2.34. The quantitative estimate of drug-likeness (QED) is 0.749. The molecule has 1 fully saturated rings. The average molecular weight is 395 g/mol. The second-order valence-electron chi connectivity index (χ2n) is 5.34. The maximum Gasteiger partial charge on any atom is 0.262 e. The summed E-state index contributed by atoms with van der Waals surface area (Å²) in [5.74, 6) is 0.454. The summed E-state index contributed by atoms with van der Waals surface area (Å²) in [5.41, 5.74) is 0.298. The van der Waals surface area contributed by atoms with Crippen molar-refractivity contribution in [2.75, 3.05) is 0 Å². The van der Waals surface area contributed by atoms with Crippen molar-refractivity contribution in [2.45, 2.75) is 43.5 Å². The molecule has 1 saturated carbocycles. The number of hydrogen-bond donors (Lipinski definition) is 1. The number of nitrogens with one attached hydrogen (secondary N) is 1. The summed E-state index contributed by atoms with van der Waals surface area (Å²) in [6, 6.07) is 4.52. The van der Waals surface area contributed by atoms with E-state index in [9.17, 15) is 13.2 Å². The molecule has 0 aromatic heterocycles. The van der Waals surface area contributed by atoms with Crippen LogP contribution < -0.4 is 5.32 Å². The molecule has 2 rings (SSSR count). The second kappa shape index (κ2) is 6.67. The molecule has 0 bridgehead atoms. The van der Waals surface area contributed by atoms with Gasteiger partial charge in [-0.15, -0.1) is 0 Å². The Kier molecular flexibility index (Phi) is 5.33. The molecule has 1 aromatic rings. The van der Waals surface area contributed by atoms with E-state index in [0.29, 0.717) is 10.0 Å². The topological polar surface area (TPSA) is 63.2 Å². The average Bonchev–Trinajstić information content (AvgIpc) is 3.20. The zero-order valence-electron chi connectivity index (χ0n) is 11.6. The van der Waals surface area contributed by atoms with Crippen LogP contribution in [0.1, 0.15) is 43.0 Å². The van der Waals surface area contributed by atoms with Crippen LogP contribution in [-0.4, -0.2) is 20.4 Å². The maximum atomic E-state index is 12.2. The number of carbonyl (C=O) groups excluding carboxylic acids is 1. The Morgan fingerprint density at radius 1 is 1.48 bits per heavy atom. The molecule has 1 aliphatic carbocycles. The Balaban J connectivity index is 2.15. The number of hydrogen-bond acceptors (Lipinski definition) is 3. The van der Waals surface area contributed by atoms with Gasteiger partial charge in [0.1, 0.15) is 0 Å². The van der Waals surface area contributed by atoms with E-state index in [4.69, 9.17) is 10.7 Å². The molecule has 116 valence electrons. The van der Waals surface area contributed by atoms with Crippen LogP contribution in [-0.2, 0) is 9.05 Å². The molecule has 7 heteroatoms. The second-order valence-corrected chi connectivity index (χ2v) is 8.73. The molecule has 1 amide bonds. The summed E-state index contributed by atoms with van der Waals surface area (Å²) in [4.78, 5) is 12.2. The molecular formula is C14H17BrClNO3S. The third kappa shape index (κ3) is 4.69. The molecule has 4 nitrogen and oxygen atoms in total. The number of halogens is 2. The highest BCUT2D eigenvalue weighted by Gasteiger charge is 2.26. The predicted molar refractivity (Wildman–Crippen MR) is 86.1 cm³/mol. The summed E-state index contributed by atoms with van der Waals surface area (Å²) >= 11 is 3.13. The minimum Gasteiger partial charge on any atom is -0.349 e. The molecule has 21 heavy (non-hydrogen) atoms. The molecule has 1 N–H and O–H groups in total. The SMILES string of the molecule is CCC(CC1CC1)NC(=O)c1ccc(Br)c(S(=O)(=O)Cl)c1. The largest absolute Gasteiger partial charge is 0.349 e. The van der Waals surface area contributed by atoms with E-state index in [0.717, 1.165) is 18.8 Å². The molecule has 1 unspecified atom stereocenters. The Morgan fingerprint density at radius 2 is 2.14 bits per heavy atom. The standard InChI is InChI=1S/C14H17BrClNO3S/c1-2-11(7-9-3-4-9)17-14(18)10-5-6-12(15)13(8-10)21(16,19)20/h5-6,8-9,11H,2-4,7H2,1H3,(H,17,18). The first-order valence-electron chi connectivity index (χ1n) is 6.86. The molecule has 1 atom stereocenters. The van der Waals surface area contributed by atoms with E-state index in [1.807, 2.05) is 6.92 Å². The summed E-state index contributed by atoms with van der Waals surface area (Å²) in [7, 11) is 1.47. The van der Waals surface area contributed by atoms with E-state index in [1.165, 1.54) is 25.0 Å². The van der Waals surface area contributed by atoms with Crippen LogP contribution in [0, 0.1) is 5.92 Å². The Hall–Kier alpha value is -0.590. The van der Waals surface area contributed by atoms with Gasteiger partial charge >= 0.3 is 0 Å². The molecule has 0 radical (unpaired) electrons. The monoisotopic (exact) mass is 393 g/mol. The van der Waals surface area contributed by atoms with Crippen LogP contribution in [0.3, 0.4) is 0 Å². The first kappa shape index (κ1) is 16.8. The Labute approximate surface area is 137 Å². The van der Waals surface area contributed by atoms with Gasteiger partial charge in [-0.25, -0.2) is 8.42 Å². The lowest BCUT2D eigenvalue weighted by Gasteiger charge is -2.17. The van der Waals surface area contributed by atoms with Crippen LogP contribution in [0.25, 0.3) is 0 Å². The van der Waals surface area contributed by atoms with Crippen LogP contribution in [0.5, 0.6) is 0 Å². The van der Waals surface area contributed by atoms with Crippen LogP contribution >= 0.6 is 26.6 Å². The molecule has 0 aliphatic heterocycles. The first-order chi connectivity index (χ1) is 9.81. The van der Waals surface area contributed by atoms with Crippen LogP contribution in [0.2, 0.25) is 0 Å². The van der Waals surface area contributed by atoms with Crippen LogP contribution in [0.4, 0.5) is 0 Å². The van der Waals surface area contributed by atoms with Gasteiger partial charge < -0.3 is 5.32 Å². The van der Waals surface area contributed by atoms with E-state index in [2.05, 4.69) is 21.2 Å². The van der Waals surface area contributed by atoms with Crippen molar-refractivity contribution < 1.29 is 13.2 Å². The summed E-state index contributed by atoms with van der Waals surface area (Å²) in [6.07, 6.45) is 4.32. The molecule has 1 aromatic carbocycles. The number of rotatable bonds is 6.